The van der Waals surface area contributed by atoms with E-state index in [0.29, 0.717) is 0 Å². The normalized spacial score (nSPS) is 10.4. The Labute approximate surface area is 71.3 Å². The third kappa shape index (κ3) is 1.16. The first-order chi connectivity index (χ1) is 5.90. The van der Waals surface area contributed by atoms with Crippen molar-refractivity contribution in [3.63, 3.8) is 0 Å². The van der Waals surface area contributed by atoms with E-state index in [9.17, 15) is 0 Å². The minimum atomic E-state index is 0.828. The number of aryl methyl sites for hydroxylation is 1. The lowest BCUT2D eigenvalue weighted by atomic mass is 10.2. The Morgan fingerprint density at radius 2 is 2.25 bits per heavy atom. The molecule has 0 aliphatic carbocycles. The van der Waals surface area contributed by atoms with Gasteiger partial charge in [0.05, 0.1) is 0 Å². The van der Waals surface area contributed by atoms with Gasteiger partial charge >= 0.3 is 0 Å². The summed E-state index contributed by atoms with van der Waals surface area (Å²) in [5.74, 6) is 0. The van der Waals surface area contributed by atoms with Gasteiger partial charge in [-0.3, -0.25) is 0 Å². The van der Waals surface area contributed by atoms with E-state index in [-0.39, 0.29) is 0 Å². The number of fused-ring (bicyclic) bond motifs is 1. The van der Waals surface area contributed by atoms with Gasteiger partial charge < -0.3 is 0 Å². The van der Waals surface area contributed by atoms with E-state index in [1.54, 1.807) is 6.20 Å². The molecule has 0 atom stereocenters. The quantitative estimate of drug-likeness (QED) is 0.635. The molecule has 2 nitrogen and oxygen atoms in total. The average Bonchev–Trinajstić information content (AvgIpc) is 2.17. The number of hydrogen-bond donors (Lipinski definition) is 0. The summed E-state index contributed by atoms with van der Waals surface area (Å²) in [5.41, 5.74) is 2.09. The molecule has 0 aliphatic heterocycles. The predicted molar refractivity (Wildman–Crippen MR) is 48.9 cm³/mol. The van der Waals surface area contributed by atoms with Crippen molar-refractivity contribution in [1.82, 2.24) is 9.97 Å². The van der Waals surface area contributed by atoms with Gasteiger partial charge in [-0.25, -0.2) is 9.97 Å². The maximum atomic E-state index is 4.24. The van der Waals surface area contributed by atoms with Gasteiger partial charge in [0.15, 0.2) is 5.65 Å². The Morgan fingerprint density at radius 1 is 1.33 bits per heavy atom. The number of aromatic nitrogens is 2. The Kier molecular flexibility index (Phi) is 1.74. The van der Waals surface area contributed by atoms with Crippen molar-refractivity contribution in [1.29, 1.82) is 0 Å². The molecule has 0 fully saturated rings. The summed E-state index contributed by atoms with van der Waals surface area (Å²) in [6.07, 6.45) is 4.67. The average molecular weight is 158 g/mol. The van der Waals surface area contributed by atoms with Gasteiger partial charge in [0.25, 0.3) is 0 Å². The maximum absolute atomic E-state index is 4.24. The second-order valence-electron chi connectivity index (χ2n) is 2.75. The summed E-state index contributed by atoms with van der Waals surface area (Å²) < 4.78 is 0. The Morgan fingerprint density at radius 3 is 3.08 bits per heavy atom. The van der Waals surface area contributed by atoms with Crippen LogP contribution >= 0.6 is 0 Å². The second kappa shape index (κ2) is 2.89. The Hall–Kier alpha value is -1.44. The molecular weight excluding hydrogens is 148 g/mol. The molecule has 0 unspecified atom stereocenters. The zero-order valence-corrected chi connectivity index (χ0v) is 6.99. The van der Waals surface area contributed by atoms with Crippen molar-refractivity contribution >= 4 is 11.0 Å². The first-order valence-corrected chi connectivity index (χ1v) is 4.10. The van der Waals surface area contributed by atoms with Crippen LogP contribution in [0.25, 0.3) is 11.0 Å². The third-order valence-corrected chi connectivity index (χ3v) is 1.92. The van der Waals surface area contributed by atoms with Crippen molar-refractivity contribution < 1.29 is 0 Å². The molecule has 0 N–H and O–H groups in total. The predicted octanol–water partition coefficient (Wildman–Crippen LogP) is 2.19. The summed E-state index contributed by atoms with van der Waals surface area (Å²) in [4.78, 5) is 8.39. The van der Waals surface area contributed by atoms with Crippen LogP contribution in [0.2, 0.25) is 0 Å². The second-order valence-corrected chi connectivity index (χ2v) is 2.75. The third-order valence-electron chi connectivity index (χ3n) is 1.92. The van der Waals surface area contributed by atoms with Crippen LogP contribution in [0.15, 0.2) is 30.6 Å². The number of pyridine rings is 2. The topological polar surface area (TPSA) is 25.8 Å². The molecule has 2 rings (SSSR count). The van der Waals surface area contributed by atoms with E-state index >= 15 is 0 Å². The van der Waals surface area contributed by atoms with Gasteiger partial charge in [-0.2, -0.15) is 0 Å². The number of nitrogens with zero attached hydrogens (tertiary/aromatic N) is 2. The Bertz CT molecular complexity index is 396. The molecule has 12 heavy (non-hydrogen) atoms. The van der Waals surface area contributed by atoms with Crippen LogP contribution in [0.1, 0.15) is 12.5 Å². The van der Waals surface area contributed by atoms with E-state index in [1.165, 1.54) is 5.56 Å². The van der Waals surface area contributed by atoms with Crippen molar-refractivity contribution in [3.8, 4) is 0 Å². The summed E-state index contributed by atoms with van der Waals surface area (Å²) in [6, 6.07) is 6.10. The van der Waals surface area contributed by atoms with E-state index in [2.05, 4.69) is 23.0 Å². The summed E-state index contributed by atoms with van der Waals surface area (Å²) in [7, 11) is 0. The van der Waals surface area contributed by atoms with Crippen LogP contribution in [0.5, 0.6) is 0 Å². The van der Waals surface area contributed by atoms with Crippen LogP contribution in [0.3, 0.4) is 0 Å². The SMILES string of the molecule is CCc1cnc2ncccc2c1. The summed E-state index contributed by atoms with van der Waals surface area (Å²) in [5, 5.41) is 1.12. The smallest absolute Gasteiger partial charge is 0.159 e. The first-order valence-electron chi connectivity index (χ1n) is 4.10. The first kappa shape index (κ1) is 7.22. The Balaban J connectivity index is 2.67. The number of hydrogen-bond acceptors (Lipinski definition) is 2. The van der Waals surface area contributed by atoms with Gasteiger partial charge in [-0.1, -0.05) is 6.92 Å². The summed E-state index contributed by atoms with van der Waals surface area (Å²) in [6.45, 7) is 2.12. The van der Waals surface area contributed by atoms with Crippen molar-refractivity contribution in [2.75, 3.05) is 0 Å². The zero-order valence-electron chi connectivity index (χ0n) is 6.99. The molecule has 0 saturated carbocycles. The van der Waals surface area contributed by atoms with E-state index in [1.807, 2.05) is 18.3 Å². The monoisotopic (exact) mass is 158 g/mol. The highest BCUT2D eigenvalue weighted by atomic mass is 14.8. The number of rotatable bonds is 1. The van der Waals surface area contributed by atoms with E-state index in [4.69, 9.17) is 0 Å². The fourth-order valence-corrected chi connectivity index (χ4v) is 1.20. The van der Waals surface area contributed by atoms with Crippen LogP contribution in [0.4, 0.5) is 0 Å². The van der Waals surface area contributed by atoms with Gasteiger partial charge in [-0.05, 0) is 30.2 Å². The lowest BCUT2D eigenvalue weighted by Crippen LogP contribution is -1.86. The lowest BCUT2D eigenvalue weighted by Gasteiger charge is -1.97. The van der Waals surface area contributed by atoms with E-state index < -0.39 is 0 Å². The summed E-state index contributed by atoms with van der Waals surface area (Å²) >= 11 is 0. The highest BCUT2D eigenvalue weighted by Gasteiger charge is 1.94. The standard InChI is InChI=1S/C10H10N2/c1-2-8-6-9-4-3-5-11-10(9)12-7-8/h3-7H,2H2,1H3. The van der Waals surface area contributed by atoms with Crippen LogP contribution in [-0.4, -0.2) is 9.97 Å². The molecule has 2 heterocycles. The van der Waals surface area contributed by atoms with Crippen LogP contribution in [-0.2, 0) is 6.42 Å². The molecule has 0 bridgehead atoms. The van der Waals surface area contributed by atoms with Crippen LogP contribution in [0, 0.1) is 0 Å². The van der Waals surface area contributed by atoms with Gasteiger partial charge in [0, 0.05) is 17.8 Å². The molecule has 2 heteroatoms. The molecule has 0 aromatic carbocycles. The molecule has 2 aromatic rings. The van der Waals surface area contributed by atoms with Gasteiger partial charge in [0.2, 0.25) is 0 Å². The maximum Gasteiger partial charge on any atom is 0.159 e. The highest BCUT2D eigenvalue weighted by molar-refractivity contribution is 5.74. The minimum Gasteiger partial charge on any atom is -0.237 e. The van der Waals surface area contributed by atoms with Crippen molar-refractivity contribution in [3.05, 3.63) is 36.2 Å². The zero-order chi connectivity index (χ0) is 8.39. The van der Waals surface area contributed by atoms with Crippen molar-refractivity contribution in [2.45, 2.75) is 13.3 Å². The van der Waals surface area contributed by atoms with Crippen molar-refractivity contribution in [2.24, 2.45) is 0 Å². The fraction of sp³-hybridized carbons (Fsp3) is 0.200. The molecule has 0 aliphatic rings. The van der Waals surface area contributed by atoms with Crippen LogP contribution < -0.4 is 0 Å². The minimum absolute atomic E-state index is 0.828. The van der Waals surface area contributed by atoms with Gasteiger partial charge in [0.1, 0.15) is 0 Å². The molecule has 60 valence electrons. The molecular formula is C10H10N2. The largest absolute Gasteiger partial charge is 0.237 e. The van der Waals surface area contributed by atoms with E-state index in [0.717, 1.165) is 17.5 Å². The lowest BCUT2D eigenvalue weighted by molar-refractivity contribution is 1.11. The molecule has 0 radical (unpaired) electrons. The fourth-order valence-electron chi connectivity index (χ4n) is 1.20. The molecule has 2 aromatic heterocycles. The molecule has 0 saturated heterocycles. The molecule has 0 amide bonds. The molecule has 0 spiro atoms. The highest BCUT2D eigenvalue weighted by Crippen LogP contribution is 2.10. The van der Waals surface area contributed by atoms with Gasteiger partial charge in [-0.15, -0.1) is 0 Å².